The average Bonchev–Trinajstić information content (AvgIpc) is 3.29. The highest BCUT2D eigenvalue weighted by Gasteiger charge is 2.15. The zero-order chi connectivity index (χ0) is 17.1. The number of fused-ring (bicyclic) bond motifs is 1. The summed E-state index contributed by atoms with van der Waals surface area (Å²) in [6, 6.07) is 7.61. The Kier molecular flexibility index (Phi) is 4.73. The van der Waals surface area contributed by atoms with Crippen LogP contribution in [0.5, 0.6) is 0 Å². The fraction of sp³-hybridized carbons (Fsp3) is 0.353. The third kappa shape index (κ3) is 3.87. The van der Waals surface area contributed by atoms with Gasteiger partial charge in [-0.25, -0.2) is 0 Å². The summed E-state index contributed by atoms with van der Waals surface area (Å²) in [7, 11) is 0. The molecule has 0 aliphatic carbocycles. The molecule has 1 aromatic carbocycles. The first-order valence-electron chi connectivity index (χ1n) is 8.15. The van der Waals surface area contributed by atoms with E-state index in [1.165, 1.54) is 18.0 Å². The molecule has 1 amide bonds. The van der Waals surface area contributed by atoms with E-state index < -0.39 is 0 Å². The Morgan fingerprint density at radius 2 is 2.04 bits per heavy atom. The van der Waals surface area contributed by atoms with E-state index in [0.717, 1.165) is 48.7 Å². The standard InChI is InChI=1S/C17H18N4O3S/c22-17(18-9-12-1-2-15-16(7-12)20-25-19-15)13-8-14(24-11-13)10-21-3-5-23-6-4-21/h1-2,7-8,11H,3-6,9-10H2,(H,18,22). The zero-order valence-electron chi connectivity index (χ0n) is 13.6. The number of nitrogens with one attached hydrogen (secondary N) is 1. The quantitative estimate of drug-likeness (QED) is 0.752. The van der Waals surface area contributed by atoms with Gasteiger partial charge in [0.25, 0.3) is 5.91 Å². The summed E-state index contributed by atoms with van der Waals surface area (Å²) >= 11 is 1.19. The number of morpholine rings is 1. The van der Waals surface area contributed by atoms with Crippen molar-refractivity contribution in [3.05, 3.63) is 47.4 Å². The molecule has 7 nitrogen and oxygen atoms in total. The first-order chi connectivity index (χ1) is 12.3. The minimum atomic E-state index is -0.145. The third-order valence-electron chi connectivity index (χ3n) is 4.17. The Morgan fingerprint density at radius 3 is 2.92 bits per heavy atom. The van der Waals surface area contributed by atoms with E-state index in [1.54, 1.807) is 6.07 Å². The summed E-state index contributed by atoms with van der Waals surface area (Å²) < 4.78 is 19.2. The van der Waals surface area contributed by atoms with Gasteiger partial charge in [-0.15, -0.1) is 0 Å². The molecule has 25 heavy (non-hydrogen) atoms. The Morgan fingerprint density at radius 1 is 1.20 bits per heavy atom. The molecule has 3 aromatic rings. The van der Waals surface area contributed by atoms with Gasteiger partial charge in [-0.1, -0.05) is 6.07 Å². The molecule has 8 heteroatoms. The van der Waals surface area contributed by atoms with Crippen molar-refractivity contribution < 1.29 is 13.9 Å². The second-order valence-electron chi connectivity index (χ2n) is 5.96. The summed E-state index contributed by atoms with van der Waals surface area (Å²) in [5.41, 5.74) is 3.26. The first kappa shape index (κ1) is 16.2. The maximum atomic E-state index is 12.3. The highest BCUT2D eigenvalue weighted by molar-refractivity contribution is 7.00. The van der Waals surface area contributed by atoms with Crippen LogP contribution in [0.4, 0.5) is 0 Å². The molecule has 0 spiro atoms. The SMILES string of the molecule is O=C(NCc1ccc2nsnc2c1)c1coc(CN2CCOCC2)c1. The van der Waals surface area contributed by atoms with Gasteiger partial charge in [0.05, 0.1) is 37.1 Å². The number of furan rings is 1. The van der Waals surface area contributed by atoms with E-state index >= 15 is 0 Å². The molecule has 3 heterocycles. The number of aromatic nitrogens is 2. The zero-order valence-corrected chi connectivity index (χ0v) is 14.4. The third-order valence-corrected chi connectivity index (χ3v) is 4.73. The van der Waals surface area contributed by atoms with Crippen LogP contribution in [-0.2, 0) is 17.8 Å². The number of rotatable bonds is 5. The van der Waals surface area contributed by atoms with Crippen LogP contribution in [0, 0.1) is 0 Å². The van der Waals surface area contributed by atoms with Crippen molar-refractivity contribution in [2.24, 2.45) is 0 Å². The molecule has 1 saturated heterocycles. The number of hydrogen-bond acceptors (Lipinski definition) is 7. The normalized spacial score (nSPS) is 15.5. The lowest BCUT2D eigenvalue weighted by molar-refractivity contribution is 0.0313. The van der Waals surface area contributed by atoms with E-state index in [4.69, 9.17) is 9.15 Å². The van der Waals surface area contributed by atoms with E-state index in [9.17, 15) is 4.79 Å². The van der Waals surface area contributed by atoms with Crippen LogP contribution >= 0.6 is 11.7 Å². The summed E-state index contributed by atoms with van der Waals surface area (Å²) in [6.45, 7) is 4.40. The lowest BCUT2D eigenvalue weighted by atomic mass is 10.2. The molecule has 0 radical (unpaired) electrons. The minimum Gasteiger partial charge on any atom is -0.467 e. The van der Waals surface area contributed by atoms with Crippen LogP contribution in [-0.4, -0.2) is 45.9 Å². The van der Waals surface area contributed by atoms with Crippen molar-refractivity contribution in [2.45, 2.75) is 13.1 Å². The predicted octanol–water partition coefficient (Wildman–Crippen LogP) is 2.05. The molecular formula is C17H18N4O3S. The summed E-state index contributed by atoms with van der Waals surface area (Å²) in [5, 5.41) is 2.91. The van der Waals surface area contributed by atoms with Crippen LogP contribution < -0.4 is 5.32 Å². The van der Waals surface area contributed by atoms with Crippen molar-refractivity contribution in [1.82, 2.24) is 19.0 Å². The van der Waals surface area contributed by atoms with Crippen LogP contribution in [0.25, 0.3) is 11.0 Å². The first-order valence-corrected chi connectivity index (χ1v) is 8.88. The number of hydrogen-bond donors (Lipinski definition) is 1. The van der Waals surface area contributed by atoms with Gasteiger partial charge in [-0.05, 0) is 23.8 Å². The molecule has 1 N–H and O–H groups in total. The molecule has 0 unspecified atom stereocenters. The number of amides is 1. The monoisotopic (exact) mass is 358 g/mol. The largest absolute Gasteiger partial charge is 0.467 e. The topological polar surface area (TPSA) is 80.5 Å². The van der Waals surface area contributed by atoms with E-state index in [2.05, 4.69) is 19.0 Å². The highest BCUT2D eigenvalue weighted by Crippen LogP contribution is 2.15. The van der Waals surface area contributed by atoms with E-state index in [-0.39, 0.29) is 5.91 Å². The second-order valence-corrected chi connectivity index (χ2v) is 6.49. The lowest BCUT2D eigenvalue weighted by Gasteiger charge is -2.25. The Hall–Kier alpha value is -2.29. The van der Waals surface area contributed by atoms with Crippen LogP contribution in [0.1, 0.15) is 21.7 Å². The van der Waals surface area contributed by atoms with Gasteiger partial charge in [0.2, 0.25) is 0 Å². The van der Waals surface area contributed by atoms with Gasteiger partial charge < -0.3 is 14.5 Å². The van der Waals surface area contributed by atoms with Crippen molar-refractivity contribution >= 4 is 28.7 Å². The summed E-state index contributed by atoms with van der Waals surface area (Å²) in [6.07, 6.45) is 1.51. The lowest BCUT2D eigenvalue weighted by Crippen LogP contribution is -2.35. The molecule has 1 fully saturated rings. The van der Waals surface area contributed by atoms with Crippen molar-refractivity contribution in [3.63, 3.8) is 0 Å². The number of benzene rings is 1. The molecule has 1 aliphatic rings. The van der Waals surface area contributed by atoms with Gasteiger partial charge in [0.15, 0.2) is 0 Å². The Labute approximate surface area is 148 Å². The molecule has 1 aliphatic heterocycles. The minimum absolute atomic E-state index is 0.145. The van der Waals surface area contributed by atoms with Gasteiger partial charge in [-0.3, -0.25) is 9.69 Å². The molecule has 0 saturated carbocycles. The smallest absolute Gasteiger partial charge is 0.254 e. The van der Waals surface area contributed by atoms with E-state index in [0.29, 0.717) is 18.7 Å². The molecule has 130 valence electrons. The van der Waals surface area contributed by atoms with Crippen LogP contribution in [0.2, 0.25) is 0 Å². The fourth-order valence-corrected chi connectivity index (χ4v) is 3.30. The molecule has 0 bridgehead atoms. The maximum absolute atomic E-state index is 12.3. The van der Waals surface area contributed by atoms with Crippen LogP contribution in [0.3, 0.4) is 0 Å². The maximum Gasteiger partial charge on any atom is 0.254 e. The summed E-state index contributed by atoms with van der Waals surface area (Å²) in [4.78, 5) is 14.6. The molecule has 2 aromatic heterocycles. The van der Waals surface area contributed by atoms with Gasteiger partial charge in [0, 0.05) is 19.6 Å². The van der Waals surface area contributed by atoms with Gasteiger partial charge >= 0.3 is 0 Å². The van der Waals surface area contributed by atoms with Crippen molar-refractivity contribution in [1.29, 1.82) is 0 Å². The van der Waals surface area contributed by atoms with Gasteiger partial charge in [0.1, 0.15) is 23.1 Å². The van der Waals surface area contributed by atoms with Gasteiger partial charge in [-0.2, -0.15) is 8.75 Å². The molecular weight excluding hydrogens is 340 g/mol. The van der Waals surface area contributed by atoms with Crippen LogP contribution in [0.15, 0.2) is 34.9 Å². The Balaban J connectivity index is 1.34. The van der Waals surface area contributed by atoms with Crippen molar-refractivity contribution in [3.8, 4) is 0 Å². The predicted molar refractivity (Wildman–Crippen MR) is 93.4 cm³/mol. The number of carbonyl (C=O) groups is 1. The highest BCUT2D eigenvalue weighted by atomic mass is 32.1. The number of ether oxygens (including phenoxy) is 1. The van der Waals surface area contributed by atoms with E-state index in [1.807, 2.05) is 18.2 Å². The van der Waals surface area contributed by atoms with Crippen molar-refractivity contribution in [2.75, 3.05) is 26.3 Å². The summed E-state index contributed by atoms with van der Waals surface area (Å²) in [5.74, 6) is 0.649. The number of nitrogens with zero attached hydrogens (tertiary/aromatic N) is 3. The fourth-order valence-electron chi connectivity index (χ4n) is 2.78. The second kappa shape index (κ2) is 7.30. The number of carbonyl (C=O) groups excluding carboxylic acids is 1. The Bertz CT molecular complexity index is 870. The molecule has 0 atom stereocenters. The average molecular weight is 358 g/mol. The molecule has 4 rings (SSSR count).